The van der Waals surface area contributed by atoms with Crippen LogP contribution in [0.3, 0.4) is 0 Å². The van der Waals surface area contributed by atoms with Gasteiger partial charge in [0.15, 0.2) is 0 Å². The summed E-state index contributed by atoms with van der Waals surface area (Å²) < 4.78 is 0. The first-order valence-electron chi connectivity index (χ1n) is 5.61. The van der Waals surface area contributed by atoms with Crippen LogP contribution in [0.1, 0.15) is 41.0 Å². The topological polar surface area (TPSA) is 17.1 Å². The Hall–Kier alpha value is -0.590. The van der Waals surface area contributed by atoms with Crippen LogP contribution >= 0.6 is 0 Å². The summed E-state index contributed by atoms with van der Waals surface area (Å²) in [5.41, 5.74) is 1.66. The Morgan fingerprint density at radius 1 is 1.50 bits per heavy atom. The maximum Gasteiger partial charge on any atom is 0.127 e. The highest BCUT2D eigenvalue weighted by Crippen LogP contribution is 2.48. The number of rotatable bonds is 2. The Morgan fingerprint density at radius 3 is 2.50 bits per heavy atom. The van der Waals surface area contributed by atoms with Gasteiger partial charge >= 0.3 is 0 Å². The third-order valence-corrected chi connectivity index (χ3v) is 4.66. The van der Waals surface area contributed by atoms with Gasteiger partial charge in [-0.2, -0.15) is 0 Å². The lowest BCUT2D eigenvalue weighted by Crippen LogP contribution is -2.40. The minimum absolute atomic E-state index is 0.121. The van der Waals surface area contributed by atoms with Crippen LogP contribution in [-0.4, -0.2) is 6.29 Å². The molecule has 1 aliphatic rings. The fourth-order valence-corrected chi connectivity index (χ4v) is 2.73. The van der Waals surface area contributed by atoms with E-state index in [1.807, 2.05) is 0 Å². The first-order valence-corrected chi connectivity index (χ1v) is 5.61. The Balaban J connectivity index is 3.10. The molecule has 0 saturated heterocycles. The predicted octanol–water partition coefficient (Wildman–Crippen LogP) is 3.45. The van der Waals surface area contributed by atoms with Gasteiger partial charge in [0.1, 0.15) is 6.29 Å². The number of carbonyl (C=O) groups excluding carboxylic acids is 1. The van der Waals surface area contributed by atoms with Crippen molar-refractivity contribution in [3.05, 3.63) is 11.6 Å². The van der Waals surface area contributed by atoms with Gasteiger partial charge in [-0.05, 0) is 30.6 Å². The standard InChI is InChI=1S/C13H22O/c1-6-13(5)10(3)9(2)7-12(8-14)11(13)4/h7-8,10-12H,6H2,1-5H3. The summed E-state index contributed by atoms with van der Waals surface area (Å²) in [6.07, 6.45) is 4.40. The van der Waals surface area contributed by atoms with Crippen molar-refractivity contribution >= 4 is 6.29 Å². The van der Waals surface area contributed by atoms with E-state index >= 15 is 0 Å². The van der Waals surface area contributed by atoms with Gasteiger partial charge in [-0.3, -0.25) is 0 Å². The molecule has 80 valence electrons. The Bertz CT molecular complexity index is 254. The zero-order valence-electron chi connectivity index (χ0n) is 10.0. The van der Waals surface area contributed by atoms with Crippen LogP contribution in [0.15, 0.2) is 11.6 Å². The molecule has 0 N–H and O–H groups in total. The Kier molecular flexibility index (Phi) is 3.18. The highest BCUT2D eigenvalue weighted by Gasteiger charge is 2.42. The highest BCUT2D eigenvalue weighted by atomic mass is 16.1. The van der Waals surface area contributed by atoms with E-state index in [-0.39, 0.29) is 11.3 Å². The molecule has 0 fully saturated rings. The lowest BCUT2D eigenvalue weighted by Gasteiger charge is -2.46. The summed E-state index contributed by atoms with van der Waals surface area (Å²) in [4.78, 5) is 11.0. The molecule has 0 spiro atoms. The van der Waals surface area contributed by atoms with Crippen molar-refractivity contribution in [2.45, 2.75) is 41.0 Å². The molecule has 0 amide bonds. The van der Waals surface area contributed by atoms with Crippen LogP contribution in [0.4, 0.5) is 0 Å². The lowest BCUT2D eigenvalue weighted by atomic mass is 9.58. The number of hydrogen-bond acceptors (Lipinski definition) is 1. The zero-order chi connectivity index (χ0) is 10.9. The zero-order valence-corrected chi connectivity index (χ0v) is 10.0. The SMILES string of the molecule is CCC1(C)C(C)C(C)=CC(C=O)C1C. The van der Waals surface area contributed by atoms with E-state index in [2.05, 4.69) is 40.7 Å². The van der Waals surface area contributed by atoms with Gasteiger partial charge in [0.25, 0.3) is 0 Å². The van der Waals surface area contributed by atoms with Crippen molar-refractivity contribution in [1.29, 1.82) is 0 Å². The molecule has 0 saturated carbocycles. The maximum absolute atomic E-state index is 11.0. The number of aldehydes is 1. The van der Waals surface area contributed by atoms with Crippen molar-refractivity contribution in [1.82, 2.24) is 0 Å². The van der Waals surface area contributed by atoms with Crippen molar-refractivity contribution in [2.24, 2.45) is 23.2 Å². The molecule has 0 radical (unpaired) electrons. The fourth-order valence-electron chi connectivity index (χ4n) is 2.73. The molecule has 1 aliphatic carbocycles. The van der Waals surface area contributed by atoms with Crippen molar-refractivity contribution < 1.29 is 4.79 Å². The summed E-state index contributed by atoms with van der Waals surface area (Å²) in [7, 11) is 0. The van der Waals surface area contributed by atoms with Gasteiger partial charge in [0.2, 0.25) is 0 Å². The van der Waals surface area contributed by atoms with Crippen LogP contribution in [0.2, 0.25) is 0 Å². The molecule has 1 heteroatoms. The summed E-state index contributed by atoms with van der Waals surface area (Å²) in [6, 6.07) is 0. The summed E-state index contributed by atoms with van der Waals surface area (Å²) in [5, 5.41) is 0. The summed E-state index contributed by atoms with van der Waals surface area (Å²) in [6.45, 7) is 11.2. The average molecular weight is 194 g/mol. The number of carbonyl (C=O) groups is 1. The summed E-state index contributed by atoms with van der Waals surface area (Å²) >= 11 is 0. The van der Waals surface area contributed by atoms with Crippen LogP contribution in [0, 0.1) is 23.2 Å². The number of allylic oxidation sites excluding steroid dienone is 2. The third kappa shape index (κ3) is 1.53. The molecule has 1 rings (SSSR count). The molecule has 4 atom stereocenters. The van der Waals surface area contributed by atoms with Gasteiger partial charge in [0.05, 0.1) is 0 Å². The van der Waals surface area contributed by atoms with E-state index in [9.17, 15) is 4.79 Å². The van der Waals surface area contributed by atoms with Gasteiger partial charge in [0, 0.05) is 5.92 Å². The molecule has 4 unspecified atom stereocenters. The Labute approximate surface area is 87.6 Å². The van der Waals surface area contributed by atoms with Crippen molar-refractivity contribution in [2.75, 3.05) is 0 Å². The highest BCUT2D eigenvalue weighted by molar-refractivity contribution is 5.58. The van der Waals surface area contributed by atoms with Gasteiger partial charge in [-0.15, -0.1) is 0 Å². The molecular weight excluding hydrogens is 172 g/mol. The fraction of sp³-hybridized carbons (Fsp3) is 0.769. The quantitative estimate of drug-likeness (QED) is 0.486. The average Bonchev–Trinajstić information content (AvgIpc) is 2.20. The second kappa shape index (κ2) is 3.88. The smallest absolute Gasteiger partial charge is 0.127 e. The van der Waals surface area contributed by atoms with E-state index < -0.39 is 0 Å². The van der Waals surface area contributed by atoms with E-state index in [1.165, 1.54) is 5.57 Å². The molecule has 0 aromatic carbocycles. The monoisotopic (exact) mass is 194 g/mol. The molecule has 0 aliphatic heterocycles. The molecule has 14 heavy (non-hydrogen) atoms. The number of hydrogen-bond donors (Lipinski definition) is 0. The van der Waals surface area contributed by atoms with Crippen LogP contribution in [0.5, 0.6) is 0 Å². The van der Waals surface area contributed by atoms with E-state index in [0.29, 0.717) is 11.8 Å². The van der Waals surface area contributed by atoms with Crippen molar-refractivity contribution in [3.63, 3.8) is 0 Å². The van der Waals surface area contributed by atoms with E-state index in [4.69, 9.17) is 0 Å². The molecule has 0 heterocycles. The van der Waals surface area contributed by atoms with Crippen LogP contribution in [-0.2, 0) is 4.79 Å². The van der Waals surface area contributed by atoms with E-state index in [1.54, 1.807) is 0 Å². The minimum Gasteiger partial charge on any atom is -0.303 e. The summed E-state index contributed by atoms with van der Waals surface area (Å²) in [5.74, 6) is 1.18. The first kappa shape index (κ1) is 11.5. The van der Waals surface area contributed by atoms with E-state index in [0.717, 1.165) is 12.7 Å². The lowest BCUT2D eigenvalue weighted by molar-refractivity contribution is -0.113. The Morgan fingerprint density at radius 2 is 2.07 bits per heavy atom. The maximum atomic E-state index is 11.0. The normalized spacial score (nSPS) is 43.2. The minimum atomic E-state index is 0.121. The van der Waals surface area contributed by atoms with Crippen molar-refractivity contribution in [3.8, 4) is 0 Å². The largest absolute Gasteiger partial charge is 0.303 e. The molecule has 1 nitrogen and oxygen atoms in total. The van der Waals surface area contributed by atoms with Crippen LogP contribution in [0.25, 0.3) is 0 Å². The second-order valence-electron chi connectivity index (χ2n) is 4.99. The molecular formula is C13H22O. The van der Waals surface area contributed by atoms with Crippen LogP contribution < -0.4 is 0 Å². The van der Waals surface area contributed by atoms with Gasteiger partial charge in [-0.1, -0.05) is 39.3 Å². The first-order chi connectivity index (χ1) is 6.47. The third-order valence-electron chi connectivity index (χ3n) is 4.66. The molecule has 0 aromatic heterocycles. The van der Waals surface area contributed by atoms with Gasteiger partial charge < -0.3 is 4.79 Å². The molecule has 0 bridgehead atoms. The molecule has 0 aromatic rings. The predicted molar refractivity (Wildman–Crippen MR) is 60.0 cm³/mol. The van der Waals surface area contributed by atoms with Gasteiger partial charge in [-0.25, -0.2) is 0 Å². The second-order valence-corrected chi connectivity index (χ2v) is 4.99.